The number of rotatable bonds is 21. The number of nitrogens with one attached hydrogen (secondary N) is 4. The van der Waals surface area contributed by atoms with Gasteiger partial charge in [-0.05, 0) is 225 Å². The Morgan fingerprint density at radius 2 is 1.72 bits per heavy atom. The number of allylic oxidation sites excluding steroid dienone is 3. The van der Waals surface area contributed by atoms with E-state index in [1.54, 1.807) is 12.1 Å². The molecule has 11 atom stereocenters. The third-order valence-corrected chi connectivity index (χ3v) is 19.7. The van der Waals surface area contributed by atoms with E-state index in [9.17, 15) is 24.9 Å². The van der Waals surface area contributed by atoms with Crippen molar-refractivity contribution in [3.63, 3.8) is 0 Å². The number of aliphatic hydroxyl groups excluding tert-OH is 2. The molecule has 10 rings (SSSR count). The number of ether oxygens (including phenoxy) is 1. The Hall–Kier alpha value is -4.88. The van der Waals surface area contributed by atoms with Crippen LogP contribution in [0.1, 0.15) is 125 Å². The molecule has 11 heteroatoms. The van der Waals surface area contributed by atoms with Crippen LogP contribution in [0.3, 0.4) is 0 Å². The van der Waals surface area contributed by atoms with Crippen molar-refractivity contribution in [2.75, 3.05) is 39.9 Å². The lowest BCUT2D eigenvalue weighted by atomic mass is 9.52. The molecule has 0 bridgehead atoms. The summed E-state index contributed by atoms with van der Waals surface area (Å²) in [6.07, 6.45) is 26.4. The van der Waals surface area contributed by atoms with Crippen LogP contribution in [-0.4, -0.2) is 91.1 Å². The first-order valence-electron chi connectivity index (χ1n) is 29.2. The van der Waals surface area contributed by atoms with Gasteiger partial charge in [0.2, 0.25) is 0 Å². The Balaban J connectivity index is 0.844. The van der Waals surface area contributed by atoms with Crippen molar-refractivity contribution in [2.24, 2.45) is 52.1 Å². The minimum Gasteiger partial charge on any atom is -0.504 e. The van der Waals surface area contributed by atoms with E-state index in [0.717, 1.165) is 87.7 Å². The van der Waals surface area contributed by atoms with Gasteiger partial charge in [-0.3, -0.25) is 9.59 Å². The molecule has 3 aliphatic heterocycles. The maximum absolute atomic E-state index is 14.3. The number of nitrogens with two attached hydrogens (primary N) is 1. The second-order valence-corrected chi connectivity index (χ2v) is 24.5. The lowest BCUT2D eigenvalue weighted by Crippen LogP contribution is -2.57. The number of carbonyl (C=O) groups is 2. The van der Waals surface area contributed by atoms with Crippen LogP contribution in [-0.2, 0) is 35.3 Å². The number of piperidine rings is 1. The van der Waals surface area contributed by atoms with Crippen molar-refractivity contribution in [2.45, 2.75) is 147 Å². The third kappa shape index (κ3) is 12.2. The zero-order valence-electron chi connectivity index (χ0n) is 45.4. The number of Topliss-reactive ketones (excluding diaryl/α,β-unsaturated/α-hetero) is 1. The highest BCUT2D eigenvalue weighted by atomic mass is 16.5. The molecule has 11 nitrogen and oxygen atoms in total. The summed E-state index contributed by atoms with van der Waals surface area (Å²) in [5.41, 5.74) is 14.4. The third-order valence-electron chi connectivity index (χ3n) is 19.7. The van der Waals surface area contributed by atoms with Crippen LogP contribution < -0.4 is 31.7 Å². The lowest BCUT2D eigenvalue weighted by molar-refractivity contribution is -0.126. The molecular weight excluding hydrogens is 947 g/mol. The summed E-state index contributed by atoms with van der Waals surface area (Å²) in [5, 5.41) is 47.7. The van der Waals surface area contributed by atoms with Gasteiger partial charge in [0.05, 0.1) is 32.4 Å². The minimum absolute atomic E-state index is 0.0386. The molecule has 0 aromatic heterocycles. The summed E-state index contributed by atoms with van der Waals surface area (Å²) in [5.74, 6) is 3.06. The topological polar surface area (TPSA) is 178 Å². The molecule has 0 amide bonds. The van der Waals surface area contributed by atoms with Gasteiger partial charge in [0, 0.05) is 37.8 Å². The molecule has 3 heterocycles. The van der Waals surface area contributed by atoms with Crippen LogP contribution in [0.2, 0.25) is 0 Å². The van der Waals surface area contributed by atoms with Crippen LogP contribution in [0.5, 0.6) is 11.5 Å². The minimum atomic E-state index is -0.434. The summed E-state index contributed by atoms with van der Waals surface area (Å²) < 4.78 is 5.58. The number of aliphatic hydroxyl groups is 2. The normalized spacial score (nSPS) is 30.1. The highest BCUT2D eigenvalue weighted by Gasteiger charge is 2.64. The van der Waals surface area contributed by atoms with Crippen LogP contribution in [0, 0.1) is 46.3 Å². The average Bonchev–Trinajstić information content (AvgIpc) is 4.07. The first-order valence-corrected chi connectivity index (χ1v) is 29.2. The van der Waals surface area contributed by atoms with Gasteiger partial charge in [-0.15, -0.1) is 0 Å². The molecular formula is C65H87N5O6. The van der Waals surface area contributed by atoms with Crippen LogP contribution in [0.25, 0.3) is 5.57 Å². The highest BCUT2D eigenvalue weighted by Crippen LogP contribution is 2.69. The fourth-order valence-electron chi connectivity index (χ4n) is 16.5. The highest BCUT2D eigenvalue weighted by molar-refractivity contribution is 6.07. The first-order chi connectivity index (χ1) is 36.9. The fourth-order valence-corrected chi connectivity index (χ4v) is 16.5. The number of phenolic OH excluding ortho intramolecular Hbond substituents is 1. The standard InChI is InChI=1S/C65H87N5O6/c1-42(72)38-69-61-37-64(36-57-55-21-25-67-39-51(55)28-48-14-9-24-68-63(48)57)35-46(18-20-60(64)65(61)22-6-7-23-65)27-53(73)33-54(74)30-52(41-71)56-34-59(76-2)58(75)31-49(56)29-50-40-70-62(66)32-47(50)19-17-45-13-8-12-44(26-45)16-15-43-10-4-3-5-11-43/h3-5,8-14,26,30-32,34,40,42,46,48,51,55,57,60-63,67-72,75H,6-7,15-25,27-29,33,35-39,41,66H2,1-2H3/b52-30+/t42-,46-,48-,51-,55+,57+,60+,61-,62?,63+,64-/m0/s1. The van der Waals surface area contributed by atoms with Crippen LogP contribution >= 0.6 is 0 Å². The largest absolute Gasteiger partial charge is 0.504 e. The number of fused-ring (bicyclic) bond motifs is 4. The zero-order chi connectivity index (χ0) is 52.8. The predicted octanol–water partition coefficient (Wildman–Crippen LogP) is 8.84. The number of hydrogen-bond acceptors (Lipinski definition) is 11. The maximum atomic E-state index is 14.3. The monoisotopic (exact) mass is 1030 g/mol. The summed E-state index contributed by atoms with van der Waals surface area (Å²) in [6, 6.07) is 23.5. The van der Waals surface area contributed by atoms with Gasteiger partial charge in [-0.1, -0.05) is 79.6 Å². The van der Waals surface area contributed by atoms with Gasteiger partial charge in [-0.25, -0.2) is 0 Å². The van der Waals surface area contributed by atoms with E-state index in [4.69, 9.17) is 10.5 Å². The van der Waals surface area contributed by atoms with Crippen molar-refractivity contribution in [1.29, 1.82) is 0 Å². The number of hydrogen-bond donors (Lipinski definition) is 8. The molecule has 1 spiro atoms. The Kier molecular flexibility index (Phi) is 17.5. The number of benzene rings is 3. The molecule has 408 valence electrons. The molecule has 3 aromatic rings. The molecule has 1 saturated heterocycles. The van der Waals surface area contributed by atoms with Gasteiger partial charge in [0.15, 0.2) is 17.3 Å². The molecule has 4 aliphatic carbocycles. The van der Waals surface area contributed by atoms with Gasteiger partial charge in [-0.2, -0.15) is 0 Å². The molecule has 5 fully saturated rings. The maximum Gasteiger partial charge on any atom is 0.163 e. The van der Waals surface area contributed by atoms with E-state index >= 15 is 0 Å². The SMILES string of the molecule is COc1cc(/C(=C/C(=O)CC(=O)C[C@@H]2CC[C@H]3C4(CCCC4)[C@@H](NC[C@H](C)O)C[C@@]3(C[C@@H]3[C@@H]4CCNC[C@@H]4C[C@@H]4C=CCN[C@@H]34)C2)CO)c(CC2=CNC(N)C=C2CCc2cccc(CCc3ccccc3)c2)cc1O. The number of aryl methyl sites for hydroxylation is 3. The van der Waals surface area contributed by atoms with Gasteiger partial charge < -0.3 is 47.1 Å². The summed E-state index contributed by atoms with van der Waals surface area (Å²) in [6.45, 7) is 5.18. The molecule has 4 saturated carbocycles. The van der Waals surface area contributed by atoms with Crippen LogP contribution in [0.15, 0.2) is 108 Å². The Bertz CT molecular complexity index is 2640. The number of phenols is 1. The first kappa shape index (κ1) is 54.5. The smallest absolute Gasteiger partial charge is 0.163 e. The molecule has 76 heavy (non-hydrogen) atoms. The molecule has 3 aromatic carbocycles. The zero-order valence-corrected chi connectivity index (χ0v) is 45.4. The average molecular weight is 1030 g/mol. The number of carbonyl (C=O) groups excluding carboxylic acids is 2. The number of dihydropyridines is 1. The van der Waals surface area contributed by atoms with E-state index in [1.807, 2.05) is 19.2 Å². The fraction of sp³-hybridized carbons (Fsp3) is 0.569. The van der Waals surface area contributed by atoms with Gasteiger partial charge in [0.25, 0.3) is 0 Å². The van der Waals surface area contributed by atoms with E-state index in [0.29, 0.717) is 72.2 Å². The van der Waals surface area contributed by atoms with Crippen molar-refractivity contribution < 1.29 is 29.6 Å². The summed E-state index contributed by atoms with van der Waals surface area (Å²) in [4.78, 5) is 28.5. The summed E-state index contributed by atoms with van der Waals surface area (Å²) >= 11 is 0. The van der Waals surface area contributed by atoms with Crippen molar-refractivity contribution >= 4 is 17.1 Å². The van der Waals surface area contributed by atoms with E-state index in [2.05, 4.69) is 88.0 Å². The number of ketones is 2. The summed E-state index contributed by atoms with van der Waals surface area (Å²) in [7, 11) is 1.49. The van der Waals surface area contributed by atoms with Crippen molar-refractivity contribution in [3.05, 3.63) is 136 Å². The van der Waals surface area contributed by atoms with Crippen molar-refractivity contribution in [1.82, 2.24) is 21.3 Å². The van der Waals surface area contributed by atoms with Crippen molar-refractivity contribution in [3.8, 4) is 11.5 Å². The quantitative estimate of drug-likeness (QED) is 0.0291. The van der Waals surface area contributed by atoms with Crippen LogP contribution in [0.4, 0.5) is 0 Å². The molecule has 1 unspecified atom stereocenters. The second kappa shape index (κ2) is 24.4. The number of aromatic hydroxyl groups is 1. The molecule has 9 N–H and O–H groups in total. The Labute approximate surface area is 452 Å². The second-order valence-electron chi connectivity index (χ2n) is 24.5. The Morgan fingerprint density at radius 3 is 2.50 bits per heavy atom. The van der Waals surface area contributed by atoms with E-state index in [1.165, 1.54) is 74.8 Å². The lowest BCUT2D eigenvalue weighted by Gasteiger charge is -2.55. The van der Waals surface area contributed by atoms with Gasteiger partial charge >= 0.3 is 0 Å². The predicted molar refractivity (Wildman–Crippen MR) is 302 cm³/mol. The molecule has 0 radical (unpaired) electrons. The Morgan fingerprint density at radius 1 is 0.947 bits per heavy atom. The molecule has 7 aliphatic rings. The van der Waals surface area contributed by atoms with E-state index in [-0.39, 0.29) is 52.4 Å². The van der Waals surface area contributed by atoms with Gasteiger partial charge in [0.1, 0.15) is 5.78 Å². The van der Waals surface area contributed by atoms with E-state index < -0.39 is 12.7 Å². The number of methoxy groups -OCH3 is 1.